The largest absolute Gasteiger partial charge is 0.381 e. The Morgan fingerprint density at radius 2 is 2.23 bits per heavy atom. The number of carbonyl (C=O) groups is 1. The molecule has 1 saturated heterocycles. The summed E-state index contributed by atoms with van der Waals surface area (Å²) in [5.74, 6) is 0.262. The number of aromatic amines is 1. The van der Waals surface area contributed by atoms with Crippen LogP contribution in [0.2, 0.25) is 0 Å². The average Bonchev–Trinajstić information content (AvgIpc) is 2.99. The van der Waals surface area contributed by atoms with Gasteiger partial charge in [-0.25, -0.2) is 0 Å². The molecule has 5 nitrogen and oxygen atoms in total. The molecule has 2 aromatic rings. The van der Waals surface area contributed by atoms with Crippen LogP contribution in [0, 0.1) is 12.8 Å². The van der Waals surface area contributed by atoms with E-state index in [2.05, 4.69) is 4.98 Å². The number of carbonyl (C=O) groups excluding carboxylic acids is 1. The molecule has 1 amide bonds. The second-order valence-electron chi connectivity index (χ2n) is 6.01. The fourth-order valence-electron chi connectivity index (χ4n) is 2.95. The Balaban J connectivity index is 1.95. The predicted octanol–water partition coefficient (Wildman–Crippen LogP) is 1.95. The molecule has 1 aliphatic rings. The van der Waals surface area contributed by atoms with Gasteiger partial charge in [0.15, 0.2) is 0 Å². The molecule has 1 aromatic heterocycles. The normalized spacial score (nSPS) is 17.8. The van der Waals surface area contributed by atoms with Gasteiger partial charge in [0.25, 0.3) is 5.91 Å². The zero-order valence-electron chi connectivity index (χ0n) is 12.9. The summed E-state index contributed by atoms with van der Waals surface area (Å²) in [6.07, 6.45) is 0.979. The van der Waals surface area contributed by atoms with Crippen molar-refractivity contribution in [3.8, 4) is 0 Å². The molecule has 1 fully saturated rings. The minimum atomic E-state index is -0.252. The number of benzene rings is 1. The molecule has 0 unspecified atom stereocenters. The zero-order valence-corrected chi connectivity index (χ0v) is 12.9. The molecule has 1 aliphatic heterocycles. The first-order valence-electron chi connectivity index (χ1n) is 7.51. The van der Waals surface area contributed by atoms with Gasteiger partial charge in [-0.2, -0.15) is 0 Å². The van der Waals surface area contributed by atoms with Crippen molar-refractivity contribution in [2.24, 2.45) is 5.92 Å². The van der Waals surface area contributed by atoms with Gasteiger partial charge < -0.3 is 14.6 Å². The Morgan fingerprint density at radius 1 is 1.41 bits per heavy atom. The number of hydrogen-bond donors (Lipinski definition) is 1. The number of nitrogens with one attached hydrogen (secondary N) is 1. The number of rotatable bonds is 3. The van der Waals surface area contributed by atoms with E-state index in [0.29, 0.717) is 30.1 Å². The van der Waals surface area contributed by atoms with Gasteiger partial charge in [0, 0.05) is 43.1 Å². The Bertz CT molecular complexity index is 760. The molecule has 22 heavy (non-hydrogen) atoms. The Hall–Kier alpha value is -2.14. The summed E-state index contributed by atoms with van der Waals surface area (Å²) in [5, 5.41) is 0.791. The van der Waals surface area contributed by atoms with E-state index in [4.69, 9.17) is 4.74 Å². The topological polar surface area (TPSA) is 62.4 Å². The first-order chi connectivity index (χ1) is 10.5. The summed E-state index contributed by atoms with van der Waals surface area (Å²) >= 11 is 0. The maximum absolute atomic E-state index is 12.7. The van der Waals surface area contributed by atoms with Gasteiger partial charge >= 0.3 is 0 Å². The van der Waals surface area contributed by atoms with Crippen LogP contribution in [0.5, 0.6) is 0 Å². The molecule has 0 aliphatic carbocycles. The van der Waals surface area contributed by atoms with E-state index in [-0.39, 0.29) is 11.5 Å². The maximum Gasteiger partial charge on any atom is 0.254 e. The summed E-state index contributed by atoms with van der Waals surface area (Å²) in [4.78, 5) is 29.0. The van der Waals surface area contributed by atoms with E-state index in [9.17, 15) is 9.59 Å². The Kier molecular flexibility index (Phi) is 3.98. The lowest BCUT2D eigenvalue weighted by atomic mass is 10.0. The zero-order chi connectivity index (χ0) is 15.7. The van der Waals surface area contributed by atoms with Crippen LogP contribution in [0.4, 0.5) is 0 Å². The summed E-state index contributed by atoms with van der Waals surface area (Å²) < 4.78 is 5.36. The third-order valence-corrected chi connectivity index (χ3v) is 4.13. The van der Waals surface area contributed by atoms with E-state index in [1.54, 1.807) is 11.9 Å². The van der Waals surface area contributed by atoms with E-state index in [0.717, 1.165) is 24.0 Å². The second-order valence-corrected chi connectivity index (χ2v) is 6.01. The first-order valence-corrected chi connectivity index (χ1v) is 7.51. The van der Waals surface area contributed by atoms with Crippen LogP contribution in [0.1, 0.15) is 22.3 Å². The van der Waals surface area contributed by atoms with Gasteiger partial charge in [0.1, 0.15) is 0 Å². The van der Waals surface area contributed by atoms with Crippen LogP contribution in [0.15, 0.2) is 29.1 Å². The molecule has 1 atom stereocenters. The number of nitrogens with zero attached hydrogens (tertiary/aromatic N) is 1. The van der Waals surface area contributed by atoms with Gasteiger partial charge in [-0.05, 0) is 25.5 Å². The van der Waals surface area contributed by atoms with Crippen LogP contribution in [0.3, 0.4) is 0 Å². The summed E-state index contributed by atoms with van der Waals surface area (Å²) in [5.41, 5.74) is 1.96. The highest BCUT2D eigenvalue weighted by atomic mass is 16.5. The van der Waals surface area contributed by atoms with Crippen molar-refractivity contribution in [1.82, 2.24) is 9.88 Å². The minimum absolute atomic E-state index is 0.117. The number of aryl methyl sites for hydroxylation is 1. The number of amides is 1. The summed E-state index contributed by atoms with van der Waals surface area (Å²) in [6, 6.07) is 7.09. The molecule has 116 valence electrons. The monoisotopic (exact) mass is 300 g/mol. The molecule has 5 heteroatoms. The smallest absolute Gasteiger partial charge is 0.254 e. The van der Waals surface area contributed by atoms with Crippen LogP contribution >= 0.6 is 0 Å². The lowest BCUT2D eigenvalue weighted by Gasteiger charge is -2.21. The SMILES string of the molecule is Cc1ccc2[nH]c(=O)cc(C(=O)N(C)C[C@@H]3CCOC3)c2c1. The highest BCUT2D eigenvalue weighted by Gasteiger charge is 2.22. The fourth-order valence-corrected chi connectivity index (χ4v) is 2.95. The number of fused-ring (bicyclic) bond motifs is 1. The van der Waals surface area contributed by atoms with E-state index >= 15 is 0 Å². The minimum Gasteiger partial charge on any atom is -0.381 e. The van der Waals surface area contributed by atoms with Crippen LogP contribution in [-0.4, -0.2) is 42.6 Å². The van der Waals surface area contributed by atoms with Gasteiger partial charge in [-0.1, -0.05) is 11.6 Å². The third kappa shape index (κ3) is 2.90. The number of aromatic nitrogens is 1. The number of H-pyrrole nitrogens is 1. The predicted molar refractivity (Wildman–Crippen MR) is 85.2 cm³/mol. The standard InChI is InChI=1S/C17H20N2O3/c1-11-3-4-15-13(7-11)14(8-16(20)18-15)17(21)19(2)9-12-5-6-22-10-12/h3-4,7-8,12H,5-6,9-10H2,1-2H3,(H,18,20)/t12-/m0/s1. The molecule has 1 aromatic carbocycles. The van der Waals surface area contributed by atoms with Crippen LogP contribution in [-0.2, 0) is 4.74 Å². The summed E-state index contributed by atoms with van der Waals surface area (Å²) in [7, 11) is 1.78. The summed E-state index contributed by atoms with van der Waals surface area (Å²) in [6.45, 7) is 4.09. The average molecular weight is 300 g/mol. The molecule has 1 N–H and O–H groups in total. The van der Waals surface area contributed by atoms with Crippen molar-refractivity contribution in [3.05, 3.63) is 45.7 Å². The van der Waals surface area contributed by atoms with Gasteiger partial charge in [-0.3, -0.25) is 9.59 Å². The molecular weight excluding hydrogens is 280 g/mol. The molecule has 3 rings (SSSR count). The van der Waals surface area contributed by atoms with E-state index < -0.39 is 0 Å². The Labute approximate surface area is 128 Å². The molecule has 0 saturated carbocycles. The molecule has 0 spiro atoms. The van der Waals surface area contributed by atoms with Crippen molar-refractivity contribution in [1.29, 1.82) is 0 Å². The maximum atomic E-state index is 12.7. The second kappa shape index (κ2) is 5.93. The van der Waals surface area contributed by atoms with Crippen LogP contribution in [0.25, 0.3) is 10.9 Å². The highest BCUT2D eigenvalue weighted by Crippen LogP contribution is 2.20. The van der Waals surface area contributed by atoms with Crippen molar-refractivity contribution >= 4 is 16.8 Å². The number of ether oxygens (including phenoxy) is 1. The van der Waals surface area contributed by atoms with Crippen molar-refractivity contribution in [3.63, 3.8) is 0 Å². The quantitative estimate of drug-likeness (QED) is 0.942. The Morgan fingerprint density at radius 3 is 2.95 bits per heavy atom. The first kappa shape index (κ1) is 14.8. The van der Waals surface area contributed by atoms with Gasteiger partial charge in [0.2, 0.25) is 5.56 Å². The van der Waals surface area contributed by atoms with Crippen molar-refractivity contribution < 1.29 is 9.53 Å². The number of pyridine rings is 1. The third-order valence-electron chi connectivity index (χ3n) is 4.13. The molecule has 2 heterocycles. The molecular formula is C17H20N2O3. The highest BCUT2D eigenvalue weighted by molar-refractivity contribution is 6.06. The van der Waals surface area contributed by atoms with Crippen LogP contribution < -0.4 is 5.56 Å². The van der Waals surface area contributed by atoms with E-state index in [1.165, 1.54) is 6.07 Å². The lowest BCUT2D eigenvalue weighted by Crippen LogP contribution is -2.32. The fraction of sp³-hybridized carbons (Fsp3) is 0.412. The number of hydrogen-bond acceptors (Lipinski definition) is 3. The van der Waals surface area contributed by atoms with Crippen molar-refractivity contribution in [2.45, 2.75) is 13.3 Å². The van der Waals surface area contributed by atoms with Crippen molar-refractivity contribution in [2.75, 3.05) is 26.8 Å². The molecule has 0 radical (unpaired) electrons. The van der Waals surface area contributed by atoms with Gasteiger partial charge in [-0.15, -0.1) is 0 Å². The van der Waals surface area contributed by atoms with E-state index in [1.807, 2.05) is 25.1 Å². The lowest BCUT2D eigenvalue weighted by molar-refractivity contribution is 0.0768. The van der Waals surface area contributed by atoms with Gasteiger partial charge in [0.05, 0.1) is 12.2 Å². The molecule has 0 bridgehead atoms.